The van der Waals surface area contributed by atoms with Crippen molar-refractivity contribution in [2.75, 3.05) is 18.0 Å². The van der Waals surface area contributed by atoms with Crippen molar-refractivity contribution in [1.29, 1.82) is 0 Å². The first-order valence-corrected chi connectivity index (χ1v) is 8.51. The van der Waals surface area contributed by atoms with Gasteiger partial charge in [-0.2, -0.15) is 0 Å². The summed E-state index contributed by atoms with van der Waals surface area (Å²) in [5, 5.41) is 2.81. The molecular formula is C20H22F2N2O2. The number of halogens is 2. The third-order valence-corrected chi connectivity index (χ3v) is 3.96. The van der Waals surface area contributed by atoms with Gasteiger partial charge in [0.1, 0.15) is 0 Å². The fraction of sp³-hybridized carbons (Fsp3) is 0.300. The van der Waals surface area contributed by atoms with Crippen LogP contribution in [0.5, 0.6) is 0 Å². The SMILES string of the molecule is CC(=O)N(CCC(=O)NCCCc1ccccc1)c1ccc(F)c(F)c1. The van der Waals surface area contributed by atoms with Gasteiger partial charge in [0.05, 0.1) is 0 Å². The van der Waals surface area contributed by atoms with Crippen LogP contribution in [-0.2, 0) is 16.0 Å². The molecule has 6 heteroatoms. The summed E-state index contributed by atoms with van der Waals surface area (Å²) in [6.07, 6.45) is 1.77. The number of aryl methyl sites for hydroxylation is 1. The van der Waals surface area contributed by atoms with Crippen LogP contribution >= 0.6 is 0 Å². The lowest BCUT2D eigenvalue weighted by atomic mass is 10.1. The molecule has 0 saturated carbocycles. The Labute approximate surface area is 151 Å². The van der Waals surface area contributed by atoms with Crippen LogP contribution in [0.15, 0.2) is 48.5 Å². The molecule has 0 aromatic heterocycles. The summed E-state index contributed by atoms with van der Waals surface area (Å²) in [6.45, 7) is 1.96. The average Bonchev–Trinajstić information content (AvgIpc) is 2.62. The van der Waals surface area contributed by atoms with E-state index in [9.17, 15) is 18.4 Å². The molecule has 4 nitrogen and oxygen atoms in total. The van der Waals surface area contributed by atoms with E-state index in [-0.39, 0.29) is 30.5 Å². The quantitative estimate of drug-likeness (QED) is 0.733. The van der Waals surface area contributed by atoms with Gasteiger partial charge < -0.3 is 10.2 Å². The second kappa shape index (κ2) is 9.65. The van der Waals surface area contributed by atoms with Gasteiger partial charge in [-0.3, -0.25) is 9.59 Å². The smallest absolute Gasteiger partial charge is 0.223 e. The van der Waals surface area contributed by atoms with E-state index in [4.69, 9.17) is 0 Å². The van der Waals surface area contributed by atoms with E-state index in [1.54, 1.807) is 0 Å². The van der Waals surface area contributed by atoms with E-state index >= 15 is 0 Å². The number of rotatable bonds is 8. The van der Waals surface area contributed by atoms with Crippen molar-refractivity contribution in [2.24, 2.45) is 0 Å². The lowest BCUT2D eigenvalue weighted by molar-refractivity contribution is -0.121. The molecule has 2 rings (SSSR count). The van der Waals surface area contributed by atoms with E-state index < -0.39 is 11.6 Å². The number of carbonyl (C=O) groups is 2. The molecule has 0 bridgehead atoms. The fourth-order valence-corrected chi connectivity index (χ4v) is 2.59. The maximum Gasteiger partial charge on any atom is 0.223 e. The minimum absolute atomic E-state index is 0.0872. The third-order valence-electron chi connectivity index (χ3n) is 3.96. The molecule has 1 N–H and O–H groups in total. The van der Waals surface area contributed by atoms with Crippen LogP contribution in [-0.4, -0.2) is 24.9 Å². The minimum atomic E-state index is -1.03. The Morgan fingerprint density at radius 3 is 2.42 bits per heavy atom. The highest BCUT2D eigenvalue weighted by Gasteiger charge is 2.15. The van der Waals surface area contributed by atoms with Crippen molar-refractivity contribution in [2.45, 2.75) is 26.2 Å². The summed E-state index contributed by atoms with van der Waals surface area (Å²) >= 11 is 0. The van der Waals surface area contributed by atoms with Crippen LogP contribution in [0.2, 0.25) is 0 Å². The Hall–Kier alpha value is -2.76. The van der Waals surface area contributed by atoms with Crippen LogP contribution in [0.25, 0.3) is 0 Å². The summed E-state index contributed by atoms with van der Waals surface area (Å²) in [5.41, 5.74) is 1.44. The van der Waals surface area contributed by atoms with Crippen molar-refractivity contribution in [1.82, 2.24) is 5.32 Å². The molecule has 0 saturated heterocycles. The van der Waals surface area contributed by atoms with Gasteiger partial charge in [0.2, 0.25) is 11.8 Å². The van der Waals surface area contributed by atoms with Crippen LogP contribution < -0.4 is 10.2 Å². The monoisotopic (exact) mass is 360 g/mol. The van der Waals surface area contributed by atoms with Crippen LogP contribution in [0.3, 0.4) is 0 Å². The number of anilines is 1. The lowest BCUT2D eigenvalue weighted by Crippen LogP contribution is -2.34. The van der Waals surface area contributed by atoms with Gasteiger partial charge in [-0.15, -0.1) is 0 Å². The number of hydrogen-bond donors (Lipinski definition) is 1. The number of nitrogens with one attached hydrogen (secondary N) is 1. The van der Waals surface area contributed by atoms with Crippen LogP contribution in [0, 0.1) is 11.6 Å². The second-order valence-electron chi connectivity index (χ2n) is 5.96. The maximum absolute atomic E-state index is 13.4. The van der Waals surface area contributed by atoms with Gasteiger partial charge in [0, 0.05) is 38.2 Å². The lowest BCUT2D eigenvalue weighted by Gasteiger charge is -2.21. The number of amides is 2. The van der Waals surface area contributed by atoms with Gasteiger partial charge in [-0.25, -0.2) is 8.78 Å². The Morgan fingerprint density at radius 1 is 1.04 bits per heavy atom. The highest BCUT2D eigenvalue weighted by Crippen LogP contribution is 2.18. The van der Waals surface area contributed by atoms with Crippen LogP contribution in [0.1, 0.15) is 25.3 Å². The normalized spacial score (nSPS) is 10.4. The summed E-state index contributed by atoms with van der Waals surface area (Å²) < 4.78 is 26.4. The average molecular weight is 360 g/mol. The molecule has 0 aliphatic heterocycles. The Balaban J connectivity index is 1.78. The second-order valence-corrected chi connectivity index (χ2v) is 5.96. The standard InChI is InChI=1S/C20H22F2N2O2/c1-15(25)24(17-9-10-18(21)19(22)14-17)13-11-20(26)23-12-5-8-16-6-3-2-4-7-16/h2-4,6-7,9-10,14H,5,8,11-13H2,1H3,(H,23,26). The zero-order valence-electron chi connectivity index (χ0n) is 14.7. The molecule has 0 fully saturated rings. The van der Waals surface area contributed by atoms with Crippen molar-refractivity contribution >= 4 is 17.5 Å². The molecule has 2 aromatic carbocycles. The zero-order valence-corrected chi connectivity index (χ0v) is 14.7. The molecule has 0 atom stereocenters. The van der Waals surface area contributed by atoms with Crippen molar-refractivity contribution in [3.05, 3.63) is 65.7 Å². The Kier molecular flexibility index (Phi) is 7.26. The van der Waals surface area contributed by atoms with E-state index in [2.05, 4.69) is 5.32 Å². The predicted octanol–water partition coefficient (Wildman–Crippen LogP) is 3.46. The van der Waals surface area contributed by atoms with E-state index in [1.807, 2.05) is 30.3 Å². The van der Waals surface area contributed by atoms with Gasteiger partial charge in [0.15, 0.2) is 11.6 Å². The number of hydrogen-bond acceptors (Lipinski definition) is 2. The molecule has 26 heavy (non-hydrogen) atoms. The van der Waals surface area contributed by atoms with Crippen molar-refractivity contribution in [3.8, 4) is 0 Å². The summed E-state index contributed by atoms with van der Waals surface area (Å²) in [4.78, 5) is 25.0. The largest absolute Gasteiger partial charge is 0.356 e. The first-order valence-electron chi connectivity index (χ1n) is 8.51. The molecule has 2 amide bonds. The molecule has 0 heterocycles. The van der Waals surface area contributed by atoms with E-state index in [0.717, 1.165) is 25.0 Å². The number of benzene rings is 2. The molecular weight excluding hydrogens is 338 g/mol. The zero-order chi connectivity index (χ0) is 18.9. The molecule has 0 radical (unpaired) electrons. The molecule has 0 spiro atoms. The molecule has 138 valence electrons. The van der Waals surface area contributed by atoms with Gasteiger partial charge >= 0.3 is 0 Å². The Bertz CT molecular complexity index is 751. The van der Waals surface area contributed by atoms with E-state index in [1.165, 1.54) is 23.5 Å². The van der Waals surface area contributed by atoms with Gasteiger partial charge in [-0.05, 0) is 30.5 Å². The van der Waals surface area contributed by atoms with Gasteiger partial charge in [-0.1, -0.05) is 30.3 Å². The number of nitrogens with zero attached hydrogens (tertiary/aromatic N) is 1. The summed E-state index contributed by atoms with van der Waals surface area (Å²) in [5.74, 6) is -2.53. The Morgan fingerprint density at radius 2 is 1.77 bits per heavy atom. The molecule has 0 unspecified atom stereocenters. The third kappa shape index (κ3) is 5.95. The summed E-state index contributed by atoms with van der Waals surface area (Å²) in [7, 11) is 0. The van der Waals surface area contributed by atoms with Gasteiger partial charge in [0.25, 0.3) is 0 Å². The molecule has 2 aromatic rings. The minimum Gasteiger partial charge on any atom is -0.356 e. The first-order chi connectivity index (χ1) is 12.5. The topological polar surface area (TPSA) is 49.4 Å². The van der Waals surface area contributed by atoms with Crippen molar-refractivity contribution < 1.29 is 18.4 Å². The van der Waals surface area contributed by atoms with Crippen molar-refractivity contribution in [3.63, 3.8) is 0 Å². The highest BCUT2D eigenvalue weighted by molar-refractivity contribution is 5.92. The summed E-state index contributed by atoms with van der Waals surface area (Å²) in [6, 6.07) is 13.2. The maximum atomic E-state index is 13.4. The highest BCUT2D eigenvalue weighted by atomic mass is 19.2. The van der Waals surface area contributed by atoms with Crippen LogP contribution in [0.4, 0.5) is 14.5 Å². The van der Waals surface area contributed by atoms with E-state index in [0.29, 0.717) is 6.54 Å². The number of carbonyl (C=O) groups excluding carboxylic acids is 2. The predicted molar refractivity (Wildman–Crippen MR) is 96.8 cm³/mol. The molecule has 0 aliphatic rings. The fourth-order valence-electron chi connectivity index (χ4n) is 2.59. The first kappa shape index (κ1) is 19.6. The molecule has 0 aliphatic carbocycles.